The second-order valence-electron chi connectivity index (χ2n) is 6.40. The quantitative estimate of drug-likeness (QED) is 0.600. The zero-order valence-corrected chi connectivity index (χ0v) is 15.2. The van der Waals surface area contributed by atoms with Crippen LogP contribution in [0.15, 0.2) is 59.8 Å². The standard InChI is InChI=1S/C19H18N4O5/c1-11-17(12(2)24)18(13-7-3-5-9-15(13)22(25)26)21-19(20-11)14-8-4-6-10-16(14)23(27)28/h3-10,18-21H,1-2H3. The molecule has 2 unspecified atom stereocenters. The number of Topliss-reactive ketones (excluding diaryl/α,β-unsaturated/α-hetero) is 1. The summed E-state index contributed by atoms with van der Waals surface area (Å²) >= 11 is 0. The number of para-hydroxylation sites is 2. The highest BCUT2D eigenvalue weighted by Crippen LogP contribution is 2.37. The molecule has 9 nitrogen and oxygen atoms in total. The number of allylic oxidation sites excluding steroid dienone is 1. The van der Waals surface area contributed by atoms with E-state index >= 15 is 0 Å². The number of benzene rings is 2. The van der Waals surface area contributed by atoms with E-state index in [1.54, 1.807) is 43.3 Å². The molecule has 0 radical (unpaired) electrons. The molecule has 1 heterocycles. The van der Waals surface area contributed by atoms with Gasteiger partial charge < -0.3 is 5.32 Å². The van der Waals surface area contributed by atoms with Crippen LogP contribution >= 0.6 is 0 Å². The number of nitro benzene ring substituents is 2. The van der Waals surface area contributed by atoms with Crippen LogP contribution in [0.1, 0.15) is 37.2 Å². The molecule has 9 heteroatoms. The molecule has 1 aliphatic heterocycles. The van der Waals surface area contributed by atoms with Gasteiger partial charge in [-0.25, -0.2) is 0 Å². The molecule has 2 aromatic rings. The summed E-state index contributed by atoms with van der Waals surface area (Å²) in [6, 6.07) is 11.6. The summed E-state index contributed by atoms with van der Waals surface area (Å²) in [6.45, 7) is 3.07. The lowest BCUT2D eigenvalue weighted by Gasteiger charge is -2.35. The van der Waals surface area contributed by atoms with Gasteiger partial charge in [0.2, 0.25) is 0 Å². The molecule has 28 heavy (non-hydrogen) atoms. The second-order valence-corrected chi connectivity index (χ2v) is 6.40. The number of carbonyl (C=O) groups excluding carboxylic acids is 1. The van der Waals surface area contributed by atoms with Crippen LogP contribution in [-0.4, -0.2) is 15.6 Å². The first-order valence-electron chi connectivity index (χ1n) is 8.52. The Hall–Kier alpha value is -3.59. The van der Waals surface area contributed by atoms with Gasteiger partial charge in [0.15, 0.2) is 5.78 Å². The maximum Gasteiger partial charge on any atom is 0.276 e. The Morgan fingerprint density at radius 1 is 0.929 bits per heavy atom. The summed E-state index contributed by atoms with van der Waals surface area (Å²) in [4.78, 5) is 34.2. The van der Waals surface area contributed by atoms with Crippen LogP contribution in [0.4, 0.5) is 11.4 Å². The number of ketones is 1. The van der Waals surface area contributed by atoms with Crippen LogP contribution in [0.5, 0.6) is 0 Å². The Morgan fingerprint density at radius 2 is 1.43 bits per heavy atom. The number of rotatable bonds is 5. The van der Waals surface area contributed by atoms with Gasteiger partial charge in [-0.1, -0.05) is 30.3 Å². The maximum absolute atomic E-state index is 12.3. The maximum atomic E-state index is 12.3. The third-order valence-corrected chi connectivity index (χ3v) is 4.66. The van der Waals surface area contributed by atoms with E-state index in [1.807, 2.05) is 0 Å². The van der Waals surface area contributed by atoms with Crippen molar-refractivity contribution in [3.8, 4) is 0 Å². The molecule has 0 aliphatic carbocycles. The summed E-state index contributed by atoms with van der Waals surface area (Å²) in [7, 11) is 0. The monoisotopic (exact) mass is 382 g/mol. The molecular formula is C19H18N4O5. The fourth-order valence-electron chi connectivity index (χ4n) is 3.48. The molecule has 0 saturated heterocycles. The smallest absolute Gasteiger partial charge is 0.276 e. The molecule has 2 atom stereocenters. The first-order valence-corrected chi connectivity index (χ1v) is 8.52. The third-order valence-electron chi connectivity index (χ3n) is 4.66. The fourth-order valence-corrected chi connectivity index (χ4v) is 3.48. The Bertz CT molecular complexity index is 1000. The molecular weight excluding hydrogens is 364 g/mol. The molecule has 0 fully saturated rings. The zero-order chi connectivity index (χ0) is 20.4. The van der Waals surface area contributed by atoms with Crippen LogP contribution in [0.3, 0.4) is 0 Å². The minimum absolute atomic E-state index is 0.0899. The highest BCUT2D eigenvalue weighted by atomic mass is 16.6. The zero-order valence-electron chi connectivity index (χ0n) is 15.2. The third kappa shape index (κ3) is 3.47. The Kier molecular flexibility index (Phi) is 5.18. The van der Waals surface area contributed by atoms with Crippen LogP contribution in [-0.2, 0) is 4.79 Å². The fraction of sp³-hybridized carbons (Fsp3) is 0.211. The normalized spacial score (nSPS) is 19.1. The van der Waals surface area contributed by atoms with E-state index in [1.165, 1.54) is 19.1 Å². The lowest BCUT2D eigenvalue weighted by Crippen LogP contribution is -2.43. The Labute approximate surface area is 160 Å². The summed E-state index contributed by atoms with van der Waals surface area (Å²) in [6.07, 6.45) is -0.700. The van der Waals surface area contributed by atoms with E-state index in [9.17, 15) is 25.0 Å². The van der Waals surface area contributed by atoms with Crippen molar-refractivity contribution >= 4 is 17.2 Å². The van der Waals surface area contributed by atoms with Crippen LogP contribution in [0.2, 0.25) is 0 Å². The number of hydrogen-bond donors (Lipinski definition) is 2. The van der Waals surface area contributed by atoms with Crippen molar-refractivity contribution in [2.75, 3.05) is 0 Å². The topological polar surface area (TPSA) is 127 Å². The van der Waals surface area contributed by atoms with Crippen LogP contribution in [0, 0.1) is 20.2 Å². The highest BCUT2D eigenvalue weighted by Gasteiger charge is 2.36. The van der Waals surface area contributed by atoms with Gasteiger partial charge >= 0.3 is 0 Å². The van der Waals surface area contributed by atoms with E-state index in [-0.39, 0.29) is 17.2 Å². The summed E-state index contributed by atoms with van der Waals surface area (Å²) < 4.78 is 0. The minimum Gasteiger partial charge on any atom is -0.369 e. The van der Waals surface area contributed by atoms with Crippen LogP contribution < -0.4 is 10.6 Å². The van der Waals surface area contributed by atoms with Crippen molar-refractivity contribution in [1.29, 1.82) is 0 Å². The minimum atomic E-state index is -0.787. The predicted octanol–water partition coefficient (Wildman–Crippen LogP) is 3.30. The summed E-state index contributed by atoms with van der Waals surface area (Å²) in [5.74, 6) is -0.248. The van der Waals surface area contributed by atoms with Gasteiger partial charge in [-0.05, 0) is 19.9 Å². The predicted molar refractivity (Wildman–Crippen MR) is 101 cm³/mol. The van der Waals surface area contributed by atoms with Gasteiger partial charge in [-0.2, -0.15) is 0 Å². The van der Waals surface area contributed by atoms with Crippen molar-refractivity contribution in [3.63, 3.8) is 0 Å². The van der Waals surface area contributed by atoms with Gasteiger partial charge in [0, 0.05) is 23.4 Å². The van der Waals surface area contributed by atoms with Gasteiger partial charge in [0.05, 0.1) is 27.0 Å². The first kappa shape index (κ1) is 19.2. The largest absolute Gasteiger partial charge is 0.369 e. The summed E-state index contributed by atoms with van der Waals surface area (Å²) in [5, 5.41) is 29.1. The van der Waals surface area contributed by atoms with Crippen molar-refractivity contribution in [1.82, 2.24) is 10.6 Å². The van der Waals surface area contributed by atoms with E-state index < -0.39 is 22.1 Å². The van der Waals surface area contributed by atoms with Crippen molar-refractivity contribution in [2.24, 2.45) is 0 Å². The van der Waals surface area contributed by atoms with Crippen molar-refractivity contribution in [2.45, 2.75) is 26.1 Å². The van der Waals surface area contributed by atoms with Crippen molar-refractivity contribution in [3.05, 3.63) is 91.2 Å². The SMILES string of the molecule is CC(=O)C1=C(C)NC(c2ccccc2[N+](=O)[O-])NC1c1ccccc1[N+](=O)[O-]. The number of nitrogens with one attached hydrogen (secondary N) is 2. The van der Waals surface area contributed by atoms with E-state index in [0.29, 0.717) is 22.4 Å². The van der Waals surface area contributed by atoms with Gasteiger partial charge in [0.1, 0.15) is 6.17 Å². The van der Waals surface area contributed by atoms with Gasteiger partial charge in [-0.15, -0.1) is 0 Å². The second kappa shape index (κ2) is 7.57. The molecule has 0 aromatic heterocycles. The number of hydrogen-bond acceptors (Lipinski definition) is 7. The Morgan fingerprint density at radius 3 is 1.96 bits per heavy atom. The van der Waals surface area contributed by atoms with Crippen LogP contribution in [0.25, 0.3) is 0 Å². The average molecular weight is 382 g/mol. The van der Waals surface area contributed by atoms with Gasteiger partial charge in [0.25, 0.3) is 11.4 Å². The van der Waals surface area contributed by atoms with E-state index in [4.69, 9.17) is 0 Å². The molecule has 3 rings (SSSR count). The summed E-state index contributed by atoms with van der Waals surface area (Å²) in [5.41, 5.74) is 1.34. The molecule has 2 N–H and O–H groups in total. The highest BCUT2D eigenvalue weighted by molar-refractivity contribution is 5.95. The lowest BCUT2D eigenvalue weighted by molar-refractivity contribution is -0.386. The van der Waals surface area contributed by atoms with E-state index in [2.05, 4.69) is 10.6 Å². The average Bonchev–Trinajstić information content (AvgIpc) is 2.66. The molecule has 144 valence electrons. The Balaban J connectivity index is 2.15. The number of nitrogens with zero attached hydrogens (tertiary/aromatic N) is 2. The molecule has 1 aliphatic rings. The van der Waals surface area contributed by atoms with Crippen molar-refractivity contribution < 1.29 is 14.6 Å². The number of carbonyl (C=O) groups is 1. The molecule has 0 bridgehead atoms. The van der Waals surface area contributed by atoms with Gasteiger partial charge in [-0.3, -0.25) is 30.3 Å². The molecule has 0 spiro atoms. The molecule has 0 saturated carbocycles. The molecule has 2 aromatic carbocycles. The lowest BCUT2D eigenvalue weighted by atomic mass is 9.90. The number of nitro groups is 2. The van der Waals surface area contributed by atoms with E-state index in [0.717, 1.165) is 0 Å². The first-order chi connectivity index (χ1) is 13.3. The molecule has 0 amide bonds.